The highest BCUT2D eigenvalue weighted by molar-refractivity contribution is 5.00. The van der Waals surface area contributed by atoms with E-state index in [9.17, 15) is 0 Å². The predicted molar refractivity (Wildman–Crippen MR) is 84.9 cm³/mol. The summed E-state index contributed by atoms with van der Waals surface area (Å²) < 4.78 is 0. The molecule has 18 heavy (non-hydrogen) atoms. The molecule has 0 aliphatic rings. The third-order valence-electron chi connectivity index (χ3n) is 3.91. The Morgan fingerprint density at radius 3 is 2.22 bits per heavy atom. The molecule has 0 aromatic carbocycles. The number of hydrogen-bond acceptors (Lipinski definition) is 0. The van der Waals surface area contributed by atoms with E-state index in [2.05, 4.69) is 47.6 Å². The molecule has 0 bridgehead atoms. The lowest BCUT2D eigenvalue weighted by molar-refractivity contribution is 0.375. The van der Waals surface area contributed by atoms with E-state index in [1.807, 2.05) is 0 Å². The van der Waals surface area contributed by atoms with Crippen LogP contribution in [0.4, 0.5) is 0 Å². The van der Waals surface area contributed by atoms with Crippen LogP contribution >= 0.6 is 0 Å². The van der Waals surface area contributed by atoms with Crippen LogP contribution in [0, 0.1) is 17.8 Å². The van der Waals surface area contributed by atoms with Crippen LogP contribution in [0.3, 0.4) is 0 Å². The average molecular weight is 252 g/mol. The van der Waals surface area contributed by atoms with Gasteiger partial charge >= 0.3 is 0 Å². The minimum absolute atomic E-state index is 0.773. The van der Waals surface area contributed by atoms with E-state index in [-0.39, 0.29) is 0 Å². The topological polar surface area (TPSA) is 0 Å². The van der Waals surface area contributed by atoms with Gasteiger partial charge in [-0.3, -0.25) is 0 Å². The first-order chi connectivity index (χ1) is 8.49. The smallest absolute Gasteiger partial charge is 0.0259 e. The van der Waals surface area contributed by atoms with Crippen LogP contribution in [-0.2, 0) is 0 Å². The van der Waals surface area contributed by atoms with Gasteiger partial charge in [-0.25, -0.2) is 0 Å². The van der Waals surface area contributed by atoms with Crippen molar-refractivity contribution in [3.8, 4) is 0 Å². The Bertz CT molecular complexity index is 212. The van der Waals surface area contributed by atoms with Crippen molar-refractivity contribution in [2.24, 2.45) is 17.8 Å². The molecule has 108 valence electrons. The van der Waals surface area contributed by atoms with E-state index < -0.39 is 0 Å². The number of allylic oxidation sites excluding steroid dienone is 2. The first-order valence-corrected chi connectivity index (χ1v) is 8.16. The van der Waals surface area contributed by atoms with Crippen molar-refractivity contribution in [3.63, 3.8) is 0 Å². The van der Waals surface area contributed by atoms with Gasteiger partial charge in [0.1, 0.15) is 0 Å². The maximum absolute atomic E-state index is 2.51. The normalized spacial score (nSPS) is 16.1. The standard InChI is InChI=1S/C18H36/c1-7-9-10-16(5)14-17(6)11-12-18(8-2)13-15(3)4/h14-16,18H,7-13H2,1-6H3. The summed E-state index contributed by atoms with van der Waals surface area (Å²) in [6, 6.07) is 0. The Morgan fingerprint density at radius 1 is 1.06 bits per heavy atom. The second kappa shape index (κ2) is 10.6. The predicted octanol–water partition coefficient (Wildman–Crippen LogP) is 6.61. The van der Waals surface area contributed by atoms with Gasteiger partial charge in [-0.05, 0) is 50.4 Å². The molecule has 2 atom stereocenters. The van der Waals surface area contributed by atoms with Crippen LogP contribution in [0.2, 0.25) is 0 Å². The van der Waals surface area contributed by atoms with Crippen LogP contribution in [0.5, 0.6) is 0 Å². The fourth-order valence-corrected chi connectivity index (χ4v) is 2.77. The summed E-state index contributed by atoms with van der Waals surface area (Å²) in [5, 5.41) is 0. The molecule has 0 spiro atoms. The SMILES string of the molecule is CCCCC(C)C=C(C)CCC(CC)CC(C)C. The van der Waals surface area contributed by atoms with Crippen molar-refractivity contribution in [1.29, 1.82) is 0 Å². The fourth-order valence-electron chi connectivity index (χ4n) is 2.77. The Balaban J connectivity index is 3.98. The third-order valence-corrected chi connectivity index (χ3v) is 3.91. The van der Waals surface area contributed by atoms with E-state index in [1.165, 1.54) is 44.9 Å². The molecule has 0 N–H and O–H groups in total. The van der Waals surface area contributed by atoms with E-state index in [0.29, 0.717) is 0 Å². The van der Waals surface area contributed by atoms with Crippen molar-refractivity contribution in [2.45, 2.75) is 86.5 Å². The van der Waals surface area contributed by atoms with Gasteiger partial charge < -0.3 is 0 Å². The molecule has 0 nitrogen and oxygen atoms in total. The van der Waals surface area contributed by atoms with Gasteiger partial charge in [0.2, 0.25) is 0 Å². The number of unbranched alkanes of at least 4 members (excludes halogenated alkanes) is 1. The first-order valence-electron chi connectivity index (χ1n) is 8.16. The number of rotatable bonds is 10. The van der Waals surface area contributed by atoms with Crippen LogP contribution in [0.15, 0.2) is 11.6 Å². The highest BCUT2D eigenvalue weighted by Crippen LogP contribution is 2.23. The van der Waals surface area contributed by atoms with Crippen LogP contribution < -0.4 is 0 Å². The summed E-state index contributed by atoms with van der Waals surface area (Å²) in [4.78, 5) is 0. The van der Waals surface area contributed by atoms with Gasteiger partial charge in [-0.15, -0.1) is 0 Å². The second-order valence-electron chi connectivity index (χ2n) is 6.58. The zero-order valence-electron chi connectivity index (χ0n) is 13.8. The van der Waals surface area contributed by atoms with E-state index >= 15 is 0 Å². The molecular weight excluding hydrogens is 216 g/mol. The fraction of sp³-hybridized carbons (Fsp3) is 0.889. The maximum atomic E-state index is 2.51. The minimum Gasteiger partial charge on any atom is -0.0828 e. The summed E-state index contributed by atoms with van der Waals surface area (Å²) in [7, 11) is 0. The maximum Gasteiger partial charge on any atom is -0.0259 e. The lowest BCUT2D eigenvalue weighted by Crippen LogP contribution is -2.04. The molecule has 2 unspecified atom stereocenters. The molecule has 0 saturated heterocycles. The van der Waals surface area contributed by atoms with Gasteiger partial charge in [0, 0.05) is 0 Å². The van der Waals surface area contributed by atoms with Crippen molar-refractivity contribution < 1.29 is 0 Å². The Kier molecular flexibility index (Phi) is 10.5. The monoisotopic (exact) mass is 252 g/mol. The quantitative estimate of drug-likeness (QED) is 0.384. The van der Waals surface area contributed by atoms with E-state index in [0.717, 1.165) is 17.8 Å². The van der Waals surface area contributed by atoms with E-state index in [1.54, 1.807) is 5.57 Å². The first kappa shape index (κ1) is 17.7. The summed E-state index contributed by atoms with van der Waals surface area (Å²) in [5.74, 6) is 2.55. The largest absolute Gasteiger partial charge is 0.0828 e. The number of hydrogen-bond donors (Lipinski definition) is 0. The summed E-state index contributed by atoms with van der Waals surface area (Å²) >= 11 is 0. The van der Waals surface area contributed by atoms with Crippen molar-refractivity contribution in [2.75, 3.05) is 0 Å². The average Bonchev–Trinajstić information content (AvgIpc) is 2.31. The zero-order chi connectivity index (χ0) is 14.0. The second-order valence-corrected chi connectivity index (χ2v) is 6.58. The zero-order valence-corrected chi connectivity index (χ0v) is 13.8. The molecule has 0 aliphatic heterocycles. The Labute approximate surface area is 116 Å². The van der Waals surface area contributed by atoms with Crippen LogP contribution in [-0.4, -0.2) is 0 Å². The molecule has 0 radical (unpaired) electrons. The van der Waals surface area contributed by atoms with Gasteiger partial charge in [-0.1, -0.05) is 65.5 Å². The molecule has 0 rings (SSSR count). The van der Waals surface area contributed by atoms with Gasteiger partial charge in [0.25, 0.3) is 0 Å². The third kappa shape index (κ3) is 9.74. The molecule has 0 heterocycles. The van der Waals surface area contributed by atoms with Crippen molar-refractivity contribution in [3.05, 3.63) is 11.6 Å². The van der Waals surface area contributed by atoms with Crippen LogP contribution in [0.1, 0.15) is 86.5 Å². The molecule has 0 amide bonds. The van der Waals surface area contributed by atoms with Gasteiger partial charge in [0.05, 0.1) is 0 Å². The minimum atomic E-state index is 0.773. The summed E-state index contributed by atoms with van der Waals surface area (Å²) in [5.41, 5.74) is 1.61. The lowest BCUT2D eigenvalue weighted by atomic mass is 9.89. The summed E-state index contributed by atoms with van der Waals surface area (Å²) in [6.45, 7) is 14.0. The molecule has 0 aliphatic carbocycles. The molecule has 0 aromatic heterocycles. The Morgan fingerprint density at radius 2 is 1.72 bits per heavy atom. The Hall–Kier alpha value is -0.260. The van der Waals surface area contributed by atoms with Gasteiger partial charge in [-0.2, -0.15) is 0 Å². The van der Waals surface area contributed by atoms with E-state index in [4.69, 9.17) is 0 Å². The lowest BCUT2D eigenvalue weighted by Gasteiger charge is -2.17. The highest BCUT2D eigenvalue weighted by Gasteiger charge is 2.09. The van der Waals surface area contributed by atoms with Crippen molar-refractivity contribution >= 4 is 0 Å². The van der Waals surface area contributed by atoms with Crippen LogP contribution in [0.25, 0.3) is 0 Å². The van der Waals surface area contributed by atoms with Gasteiger partial charge in [0.15, 0.2) is 0 Å². The highest BCUT2D eigenvalue weighted by atomic mass is 14.1. The molecule has 0 aromatic rings. The summed E-state index contributed by atoms with van der Waals surface area (Å²) in [6.07, 6.45) is 12.0. The molecule has 0 saturated carbocycles. The molecule has 0 heteroatoms. The van der Waals surface area contributed by atoms with Crippen molar-refractivity contribution in [1.82, 2.24) is 0 Å². The molecular formula is C18H36. The molecule has 0 fully saturated rings.